The standard InChI is InChI=1S/C8H16N2O2/c1-2-6-12-8(11)7(10)4-3-5-9/h2,7H,1,3-6,9-10H2. The lowest BCUT2D eigenvalue weighted by atomic mass is 10.2. The Kier molecular flexibility index (Phi) is 6.32. The molecule has 0 saturated carbocycles. The summed E-state index contributed by atoms with van der Waals surface area (Å²) in [6, 6.07) is -0.548. The Hall–Kier alpha value is -0.870. The van der Waals surface area contributed by atoms with Crippen molar-refractivity contribution in [3.05, 3.63) is 12.7 Å². The maximum Gasteiger partial charge on any atom is 0.323 e. The van der Waals surface area contributed by atoms with Gasteiger partial charge in [0.25, 0.3) is 0 Å². The lowest BCUT2D eigenvalue weighted by Gasteiger charge is -2.08. The summed E-state index contributed by atoms with van der Waals surface area (Å²) in [4.78, 5) is 11.0. The third-order valence-electron chi connectivity index (χ3n) is 1.37. The zero-order valence-electron chi connectivity index (χ0n) is 7.16. The van der Waals surface area contributed by atoms with Crippen molar-refractivity contribution in [3.63, 3.8) is 0 Å². The second-order valence-electron chi connectivity index (χ2n) is 2.46. The van der Waals surface area contributed by atoms with E-state index in [-0.39, 0.29) is 12.6 Å². The molecule has 0 spiro atoms. The van der Waals surface area contributed by atoms with Gasteiger partial charge in [0.15, 0.2) is 0 Å². The molecule has 70 valence electrons. The van der Waals surface area contributed by atoms with Crippen LogP contribution < -0.4 is 11.5 Å². The second kappa shape index (κ2) is 6.82. The van der Waals surface area contributed by atoms with Gasteiger partial charge in [-0.2, -0.15) is 0 Å². The molecule has 0 aliphatic rings. The monoisotopic (exact) mass is 172 g/mol. The third kappa shape index (κ3) is 4.87. The third-order valence-corrected chi connectivity index (χ3v) is 1.37. The Bertz CT molecular complexity index is 148. The molecule has 0 heterocycles. The number of hydrogen-bond acceptors (Lipinski definition) is 4. The molecule has 0 fully saturated rings. The molecule has 1 unspecified atom stereocenters. The summed E-state index contributed by atoms with van der Waals surface area (Å²) < 4.78 is 4.73. The van der Waals surface area contributed by atoms with Gasteiger partial charge in [0.05, 0.1) is 0 Å². The quantitative estimate of drug-likeness (QED) is 0.429. The van der Waals surface area contributed by atoms with Crippen molar-refractivity contribution in [1.29, 1.82) is 0 Å². The van der Waals surface area contributed by atoms with Crippen LogP contribution in [0.4, 0.5) is 0 Å². The van der Waals surface area contributed by atoms with Gasteiger partial charge in [-0.3, -0.25) is 4.79 Å². The van der Waals surface area contributed by atoms with E-state index in [9.17, 15) is 4.79 Å². The van der Waals surface area contributed by atoms with E-state index in [4.69, 9.17) is 16.2 Å². The highest BCUT2D eigenvalue weighted by Crippen LogP contribution is 1.95. The van der Waals surface area contributed by atoms with Crippen LogP contribution >= 0.6 is 0 Å². The van der Waals surface area contributed by atoms with Crippen molar-refractivity contribution < 1.29 is 9.53 Å². The van der Waals surface area contributed by atoms with Crippen LogP contribution in [0.3, 0.4) is 0 Å². The Morgan fingerprint density at radius 3 is 2.83 bits per heavy atom. The SMILES string of the molecule is C=CCOC(=O)C(N)CCCN. The smallest absolute Gasteiger partial charge is 0.323 e. The summed E-state index contributed by atoms with van der Waals surface area (Å²) in [6.07, 6.45) is 2.82. The number of ether oxygens (including phenoxy) is 1. The maximum absolute atomic E-state index is 11.0. The van der Waals surface area contributed by atoms with Crippen LogP contribution in [-0.4, -0.2) is 25.2 Å². The van der Waals surface area contributed by atoms with Gasteiger partial charge in [0.2, 0.25) is 0 Å². The van der Waals surface area contributed by atoms with Gasteiger partial charge < -0.3 is 16.2 Å². The normalized spacial score (nSPS) is 12.2. The van der Waals surface area contributed by atoms with Crippen LogP contribution in [0.1, 0.15) is 12.8 Å². The van der Waals surface area contributed by atoms with Crippen LogP contribution in [0.15, 0.2) is 12.7 Å². The summed E-state index contributed by atoms with van der Waals surface area (Å²) in [6.45, 7) is 4.18. The van der Waals surface area contributed by atoms with Gasteiger partial charge in [-0.15, -0.1) is 0 Å². The van der Waals surface area contributed by atoms with Gasteiger partial charge >= 0.3 is 5.97 Å². The number of nitrogens with two attached hydrogens (primary N) is 2. The summed E-state index contributed by atoms with van der Waals surface area (Å²) >= 11 is 0. The molecule has 0 saturated heterocycles. The molecule has 0 amide bonds. The van der Waals surface area contributed by atoms with Crippen molar-refractivity contribution in [2.75, 3.05) is 13.2 Å². The Morgan fingerprint density at radius 2 is 2.33 bits per heavy atom. The fraction of sp³-hybridized carbons (Fsp3) is 0.625. The highest BCUT2D eigenvalue weighted by atomic mass is 16.5. The van der Waals surface area contributed by atoms with E-state index in [0.29, 0.717) is 13.0 Å². The molecule has 0 aromatic carbocycles. The van der Waals surface area contributed by atoms with Crippen LogP contribution in [0.2, 0.25) is 0 Å². The molecule has 0 bridgehead atoms. The minimum atomic E-state index is -0.548. The molecule has 0 aliphatic carbocycles. The van der Waals surface area contributed by atoms with E-state index < -0.39 is 6.04 Å². The minimum Gasteiger partial charge on any atom is -0.460 e. The van der Waals surface area contributed by atoms with Crippen molar-refractivity contribution in [3.8, 4) is 0 Å². The predicted octanol–water partition coefficient (Wildman–Crippen LogP) is -0.218. The molecule has 4 N–H and O–H groups in total. The molecule has 0 rings (SSSR count). The first-order valence-electron chi connectivity index (χ1n) is 3.95. The van der Waals surface area contributed by atoms with Crippen molar-refractivity contribution in [2.45, 2.75) is 18.9 Å². The van der Waals surface area contributed by atoms with E-state index in [1.54, 1.807) is 0 Å². The number of carbonyl (C=O) groups is 1. The highest BCUT2D eigenvalue weighted by Gasteiger charge is 2.12. The minimum absolute atomic E-state index is 0.217. The van der Waals surface area contributed by atoms with Gasteiger partial charge in [-0.05, 0) is 19.4 Å². The van der Waals surface area contributed by atoms with Gasteiger partial charge in [-0.25, -0.2) is 0 Å². The number of esters is 1. The van der Waals surface area contributed by atoms with Gasteiger partial charge in [0.1, 0.15) is 12.6 Å². The first kappa shape index (κ1) is 11.1. The molecule has 4 nitrogen and oxygen atoms in total. The summed E-state index contributed by atoms with van der Waals surface area (Å²) in [5.74, 6) is -0.386. The Balaban J connectivity index is 3.53. The number of hydrogen-bond donors (Lipinski definition) is 2. The molecule has 0 radical (unpaired) electrons. The first-order valence-corrected chi connectivity index (χ1v) is 3.95. The molecule has 0 aliphatic heterocycles. The van der Waals surface area contributed by atoms with Crippen LogP contribution in [-0.2, 0) is 9.53 Å². The second-order valence-corrected chi connectivity index (χ2v) is 2.46. The van der Waals surface area contributed by atoms with Crippen molar-refractivity contribution in [2.24, 2.45) is 11.5 Å². The molecule has 0 aromatic heterocycles. The largest absolute Gasteiger partial charge is 0.460 e. The number of carbonyl (C=O) groups excluding carboxylic acids is 1. The van der Waals surface area contributed by atoms with Crippen LogP contribution in [0, 0.1) is 0 Å². The average Bonchev–Trinajstić information content (AvgIpc) is 2.10. The number of rotatable bonds is 6. The predicted molar refractivity (Wildman–Crippen MR) is 47.4 cm³/mol. The van der Waals surface area contributed by atoms with Gasteiger partial charge in [-0.1, -0.05) is 12.7 Å². The topological polar surface area (TPSA) is 78.3 Å². The summed E-state index contributed by atoms with van der Waals surface area (Å²) in [7, 11) is 0. The average molecular weight is 172 g/mol. The molecule has 1 atom stereocenters. The van der Waals surface area contributed by atoms with E-state index >= 15 is 0 Å². The molecular formula is C8H16N2O2. The summed E-state index contributed by atoms with van der Waals surface area (Å²) in [5.41, 5.74) is 10.7. The van der Waals surface area contributed by atoms with Gasteiger partial charge in [0, 0.05) is 0 Å². The van der Waals surface area contributed by atoms with Crippen LogP contribution in [0.25, 0.3) is 0 Å². The fourth-order valence-electron chi connectivity index (χ4n) is 0.704. The van der Waals surface area contributed by atoms with E-state index in [2.05, 4.69) is 6.58 Å². The first-order chi connectivity index (χ1) is 5.72. The zero-order valence-corrected chi connectivity index (χ0v) is 7.16. The fourth-order valence-corrected chi connectivity index (χ4v) is 0.704. The molecule has 0 aromatic rings. The maximum atomic E-state index is 11.0. The van der Waals surface area contributed by atoms with E-state index in [1.165, 1.54) is 6.08 Å². The Labute approximate surface area is 72.6 Å². The van der Waals surface area contributed by atoms with Crippen molar-refractivity contribution >= 4 is 5.97 Å². The Morgan fingerprint density at radius 1 is 1.67 bits per heavy atom. The lowest BCUT2D eigenvalue weighted by molar-refractivity contribution is -0.144. The summed E-state index contributed by atoms with van der Waals surface area (Å²) in [5, 5.41) is 0. The zero-order chi connectivity index (χ0) is 9.40. The molecular weight excluding hydrogens is 156 g/mol. The molecule has 4 heteroatoms. The highest BCUT2D eigenvalue weighted by molar-refractivity contribution is 5.75. The van der Waals surface area contributed by atoms with E-state index in [1.807, 2.05) is 0 Å². The van der Waals surface area contributed by atoms with Crippen LogP contribution in [0.5, 0.6) is 0 Å². The lowest BCUT2D eigenvalue weighted by Crippen LogP contribution is -2.32. The van der Waals surface area contributed by atoms with E-state index in [0.717, 1.165) is 6.42 Å². The van der Waals surface area contributed by atoms with Crippen molar-refractivity contribution in [1.82, 2.24) is 0 Å². The molecule has 12 heavy (non-hydrogen) atoms.